The minimum atomic E-state index is 0.432. The van der Waals surface area contributed by atoms with Crippen molar-refractivity contribution in [3.05, 3.63) is 65.1 Å². The molecule has 4 aromatic rings. The number of ether oxygens (including phenoxy) is 1. The second-order valence-corrected chi connectivity index (χ2v) is 5.81. The van der Waals surface area contributed by atoms with Crippen LogP contribution in [0.4, 0.5) is 0 Å². The first-order valence-corrected chi connectivity index (χ1v) is 8.09. The van der Waals surface area contributed by atoms with Gasteiger partial charge in [-0.15, -0.1) is 0 Å². The topological polar surface area (TPSA) is 71.0 Å². The van der Waals surface area contributed by atoms with E-state index >= 15 is 0 Å². The van der Waals surface area contributed by atoms with Crippen molar-refractivity contribution in [2.75, 3.05) is 7.11 Å². The molecule has 0 aliphatic carbocycles. The summed E-state index contributed by atoms with van der Waals surface area (Å²) in [6.45, 7) is 0. The first kappa shape index (κ1) is 15.3. The minimum Gasteiger partial charge on any atom is -0.497 e. The van der Waals surface area contributed by atoms with Crippen LogP contribution in [0.3, 0.4) is 0 Å². The Morgan fingerprint density at radius 3 is 2.76 bits per heavy atom. The maximum Gasteiger partial charge on any atom is 0.216 e. The van der Waals surface area contributed by atoms with Crippen molar-refractivity contribution in [2.45, 2.75) is 0 Å². The van der Waals surface area contributed by atoms with Gasteiger partial charge in [0.15, 0.2) is 5.82 Å². The van der Waals surface area contributed by atoms with Gasteiger partial charge in [-0.2, -0.15) is 14.9 Å². The van der Waals surface area contributed by atoms with E-state index in [4.69, 9.17) is 17.0 Å². The molecule has 0 aliphatic heterocycles. The summed E-state index contributed by atoms with van der Waals surface area (Å²) < 4.78 is 7.23. The lowest BCUT2D eigenvalue weighted by atomic mass is 10.2. The van der Waals surface area contributed by atoms with Crippen LogP contribution in [-0.2, 0) is 0 Å². The molecular weight excluding hydrogens is 334 g/mol. The number of methoxy groups -OCH3 is 1. The Labute approximate surface area is 148 Å². The van der Waals surface area contributed by atoms with Gasteiger partial charge in [0, 0.05) is 28.2 Å². The zero-order valence-corrected chi connectivity index (χ0v) is 14.2. The molecule has 0 unspecified atom stereocenters. The van der Waals surface area contributed by atoms with Crippen molar-refractivity contribution in [2.24, 2.45) is 5.10 Å². The molecule has 0 bridgehead atoms. The number of aromatic nitrogens is 4. The molecule has 2 aromatic carbocycles. The van der Waals surface area contributed by atoms with E-state index in [0.717, 1.165) is 27.8 Å². The number of fused-ring (bicyclic) bond motifs is 1. The predicted octanol–water partition coefficient (Wildman–Crippen LogP) is 3.98. The second kappa shape index (κ2) is 6.37. The van der Waals surface area contributed by atoms with Crippen molar-refractivity contribution in [1.29, 1.82) is 0 Å². The van der Waals surface area contributed by atoms with Gasteiger partial charge >= 0.3 is 0 Å². The lowest BCUT2D eigenvalue weighted by molar-refractivity contribution is 0.415. The van der Waals surface area contributed by atoms with Crippen molar-refractivity contribution in [3.8, 4) is 17.1 Å². The van der Waals surface area contributed by atoms with Crippen molar-refractivity contribution in [3.63, 3.8) is 0 Å². The Kier molecular flexibility index (Phi) is 3.91. The molecule has 0 atom stereocenters. The van der Waals surface area contributed by atoms with Crippen LogP contribution in [0.25, 0.3) is 22.3 Å². The van der Waals surface area contributed by atoms with Gasteiger partial charge in [-0.3, -0.25) is 0 Å². The number of nitrogens with zero attached hydrogens (tertiary/aromatic N) is 3. The third kappa shape index (κ3) is 2.85. The Hall–Kier alpha value is -3.19. The molecule has 25 heavy (non-hydrogen) atoms. The molecule has 0 spiro atoms. The molecular formula is C18H15N5OS. The molecule has 0 aliphatic rings. The highest BCUT2D eigenvalue weighted by Gasteiger charge is 2.08. The van der Waals surface area contributed by atoms with Gasteiger partial charge < -0.3 is 9.72 Å². The van der Waals surface area contributed by atoms with Gasteiger partial charge in [-0.05, 0) is 42.5 Å². The summed E-state index contributed by atoms with van der Waals surface area (Å²) in [6.07, 6.45) is 3.70. The molecule has 4 rings (SSSR count). The zero-order chi connectivity index (χ0) is 17.2. The molecule has 6 nitrogen and oxygen atoms in total. The van der Waals surface area contributed by atoms with E-state index in [-0.39, 0.29) is 0 Å². The number of H-pyrrole nitrogens is 2. The molecule has 0 fully saturated rings. The maximum atomic E-state index is 5.31. The summed E-state index contributed by atoms with van der Waals surface area (Å²) in [7, 11) is 1.64. The quantitative estimate of drug-likeness (QED) is 0.432. The highest BCUT2D eigenvalue weighted by Crippen LogP contribution is 2.21. The van der Waals surface area contributed by atoms with Crippen molar-refractivity contribution < 1.29 is 4.74 Å². The number of rotatable bonds is 4. The number of para-hydroxylation sites is 1. The molecule has 0 saturated heterocycles. The van der Waals surface area contributed by atoms with Crippen LogP contribution in [-0.4, -0.2) is 33.2 Å². The third-order valence-electron chi connectivity index (χ3n) is 3.93. The fraction of sp³-hybridized carbons (Fsp3) is 0.0556. The predicted molar refractivity (Wildman–Crippen MR) is 101 cm³/mol. The summed E-state index contributed by atoms with van der Waals surface area (Å²) in [5.41, 5.74) is 2.94. The third-order valence-corrected chi connectivity index (χ3v) is 4.20. The zero-order valence-electron chi connectivity index (χ0n) is 13.4. The summed E-state index contributed by atoms with van der Waals surface area (Å²) >= 11 is 5.31. The van der Waals surface area contributed by atoms with Gasteiger partial charge in [0.25, 0.3) is 0 Å². The average molecular weight is 349 g/mol. The molecule has 0 amide bonds. The summed E-state index contributed by atoms with van der Waals surface area (Å²) in [6, 6.07) is 15.7. The monoisotopic (exact) mass is 349 g/mol. The molecule has 2 N–H and O–H groups in total. The fourth-order valence-corrected chi connectivity index (χ4v) is 2.83. The van der Waals surface area contributed by atoms with Crippen molar-refractivity contribution >= 4 is 29.3 Å². The van der Waals surface area contributed by atoms with Gasteiger partial charge in [-0.1, -0.05) is 18.2 Å². The number of aromatic amines is 2. The Bertz CT molecular complexity index is 1100. The van der Waals surface area contributed by atoms with Gasteiger partial charge in [0.2, 0.25) is 4.77 Å². The number of benzene rings is 2. The van der Waals surface area contributed by atoms with E-state index in [0.29, 0.717) is 10.6 Å². The molecule has 0 saturated carbocycles. The maximum absolute atomic E-state index is 5.31. The van der Waals surface area contributed by atoms with E-state index in [2.05, 4.69) is 20.3 Å². The second-order valence-electron chi connectivity index (χ2n) is 5.43. The Morgan fingerprint density at radius 1 is 1.16 bits per heavy atom. The van der Waals surface area contributed by atoms with Crippen LogP contribution in [0.15, 0.2) is 59.8 Å². The van der Waals surface area contributed by atoms with Gasteiger partial charge in [-0.25, -0.2) is 5.10 Å². The largest absolute Gasteiger partial charge is 0.497 e. The van der Waals surface area contributed by atoms with Crippen LogP contribution in [0, 0.1) is 4.77 Å². The normalized spacial score (nSPS) is 11.4. The lowest BCUT2D eigenvalue weighted by Gasteiger charge is -2.03. The van der Waals surface area contributed by atoms with Crippen LogP contribution in [0.1, 0.15) is 5.56 Å². The van der Waals surface area contributed by atoms with E-state index in [9.17, 15) is 0 Å². The number of hydrogen-bond donors (Lipinski definition) is 2. The van der Waals surface area contributed by atoms with Crippen LogP contribution in [0.5, 0.6) is 5.75 Å². The van der Waals surface area contributed by atoms with Gasteiger partial charge in [0.05, 0.1) is 13.3 Å². The smallest absolute Gasteiger partial charge is 0.216 e. The van der Waals surface area contributed by atoms with E-state index in [1.165, 1.54) is 0 Å². The summed E-state index contributed by atoms with van der Waals surface area (Å²) in [4.78, 5) is 3.23. The highest BCUT2D eigenvalue weighted by molar-refractivity contribution is 7.71. The fourth-order valence-electron chi connectivity index (χ4n) is 2.65. The molecule has 2 heterocycles. The summed E-state index contributed by atoms with van der Waals surface area (Å²) in [5.74, 6) is 1.43. The molecule has 2 aromatic heterocycles. The SMILES string of the molecule is COc1ccc(-c2n[nH]c(=S)n2/N=C\c2c[nH]c3ccccc23)cc1. The van der Waals surface area contributed by atoms with Gasteiger partial charge in [0.1, 0.15) is 5.75 Å². The van der Waals surface area contributed by atoms with E-state index < -0.39 is 0 Å². The Morgan fingerprint density at radius 2 is 1.96 bits per heavy atom. The van der Waals surface area contributed by atoms with Crippen LogP contribution >= 0.6 is 12.2 Å². The average Bonchev–Trinajstić information content (AvgIpc) is 3.23. The van der Waals surface area contributed by atoms with E-state index in [1.54, 1.807) is 18.0 Å². The molecule has 0 radical (unpaired) electrons. The van der Waals surface area contributed by atoms with Crippen molar-refractivity contribution in [1.82, 2.24) is 19.9 Å². The van der Waals surface area contributed by atoms with E-state index in [1.807, 2.05) is 54.7 Å². The summed E-state index contributed by atoms with van der Waals surface area (Å²) in [5, 5.41) is 12.7. The minimum absolute atomic E-state index is 0.432. The van der Waals surface area contributed by atoms with Crippen LogP contribution < -0.4 is 4.74 Å². The first-order chi connectivity index (χ1) is 12.3. The first-order valence-electron chi connectivity index (χ1n) is 7.68. The standard InChI is InChI=1S/C18H15N5OS/c1-24-14-8-6-12(7-9-14)17-21-22-18(25)23(17)20-11-13-10-19-16-5-3-2-4-15(13)16/h2-11,19H,1H3,(H,22,25)/b20-11-. The molecule has 124 valence electrons. The number of hydrogen-bond acceptors (Lipinski definition) is 4. The van der Waals surface area contributed by atoms with Crippen LogP contribution in [0.2, 0.25) is 0 Å². The number of nitrogens with one attached hydrogen (secondary N) is 2. The Balaban J connectivity index is 1.73. The lowest BCUT2D eigenvalue weighted by Crippen LogP contribution is -1.95. The highest BCUT2D eigenvalue weighted by atomic mass is 32.1. The molecule has 7 heteroatoms.